The lowest BCUT2D eigenvalue weighted by molar-refractivity contribution is -0.255. The second kappa shape index (κ2) is 8.99. The van der Waals surface area contributed by atoms with E-state index in [1.807, 2.05) is 6.08 Å². The Hall–Kier alpha value is -2.71. The number of hydrazone groups is 1. The SMILES string of the molecule is O=C([O-])c1cccc(Cn2c(Cl)c(/C=N\NC(=O)[C@H]3CC=CCC3)sc2=O)c1. The Morgan fingerprint density at radius 1 is 1.39 bits per heavy atom. The smallest absolute Gasteiger partial charge is 0.309 e. The summed E-state index contributed by atoms with van der Waals surface area (Å²) < 4.78 is 1.32. The molecule has 1 N–H and O–H groups in total. The fourth-order valence-electron chi connectivity index (χ4n) is 2.87. The van der Waals surface area contributed by atoms with Crippen LogP contribution in [0.5, 0.6) is 0 Å². The lowest BCUT2D eigenvalue weighted by Crippen LogP contribution is -2.27. The summed E-state index contributed by atoms with van der Waals surface area (Å²) in [6, 6.07) is 6.12. The van der Waals surface area contributed by atoms with Crippen LogP contribution in [0.15, 0.2) is 46.3 Å². The normalized spacial score (nSPS) is 16.4. The summed E-state index contributed by atoms with van der Waals surface area (Å²) in [7, 11) is 0. The van der Waals surface area contributed by atoms with Gasteiger partial charge in [0.05, 0.1) is 23.6 Å². The van der Waals surface area contributed by atoms with Crippen molar-refractivity contribution in [2.24, 2.45) is 11.0 Å². The summed E-state index contributed by atoms with van der Waals surface area (Å²) in [5.41, 5.74) is 3.12. The number of hydrogen-bond donors (Lipinski definition) is 1. The molecule has 1 atom stereocenters. The molecule has 0 saturated heterocycles. The molecule has 1 aromatic carbocycles. The second-order valence-electron chi connectivity index (χ2n) is 6.31. The van der Waals surface area contributed by atoms with Crippen LogP contribution >= 0.6 is 22.9 Å². The number of hydrogen-bond acceptors (Lipinski definition) is 6. The zero-order chi connectivity index (χ0) is 20.1. The topological polar surface area (TPSA) is 104 Å². The number of nitrogens with one attached hydrogen (secondary N) is 1. The lowest BCUT2D eigenvalue weighted by atomic mass is 9.94. The van der Waals surface area contributed by atoms with E-state index in [-0.39, 0.29) is 34.0 Å². The van der Waals surface area contributed by atoms with E-state index < -0.39 is 5.97 Å². The van der Waals surface area contributed by atoms with E-state index in [1.54, 1.807) is 12.1 Å². The highest BCUT2D eigenvalue weighted by Gasteiger charge is 2.18. The Labute approximate surface area is 170 Å². The van der Waals surface area contributed by atoms with Crippen molar-refractivity contribution in [1.29, 1.82) is 0 Å². The van der Waals surface area contributed by atoms with Crippen molar-refractivity contribution in [3.05, 3.63) is 67.2 Å². The molecule has 0 bridgehead atoms. The van der Waals surface area contributed by atoms with Gasteiger partial charge in [-0.2, -0.15) is 5.10 Å². The van der Waals surface area contributed by atoms with Gasteiger partial charge in [-0.15, -0.1) is 0 Å². The van der Waals surface area contributed by atoms with E-state index >= 15 is 0 Å². The van der Waals surface area contributed by atoms with Crippen LogP contribution in [-0.4, -0.2) is 22.7 Å². The molecule has 1 aromatic heterocycles. The number of carbonyl (C=O) groups is 2. The molecule has 28 heavy (non-hydrogen) atoms. The Morgan fingerprint density at radius 3 is 2.93 bits per heavy atom. The third-order valence-electron chi connectivity index (χ3n) is 4.36. The molecule has 9 heteroatoms. The minimum Gasteiger partial charge on any atom is -0.545 e. The molecule has 1 heterocycles. The van der Waals surface area contributed by atoms with Crippen LogP contribution in [0.25, 0.3) is 0 Å². The largest absolute Gasteiger partial charge is 0.545 e. The quantitative estimate of drug-likeness (QED) is 0.438. The van der Waals surface area contributed by atoms with Gasteiger partial charge in [-0.25, -0.2) is 5.43 Å². The highest BCUT2D eigenvalue weighted by Crippen LogP contribution is 2.20. The van der Waals surface area contributed by atoms with Gasteiger partial charge in [0.1, 0.15) is 5.15 Å². The van der Waals surface area contributed by atoms with Crippen LogP contribution in [0.2, 0.25) is 5.15 Å². The molecule has 146 valence electrons. The molecule has 0 radical (unpaired) electrons. The lowest BCUT2D eigenvalue weighted by Gasteiger charge is -2.14. The van der Waals surface area contributed by atoms with Gasteiger partial charge in [-0.3, -0.25) is 14.2 Å². The Kier molecular flexibility index (Phi) is 6.43. The molecule has 0 aliphatic heterocycles. The van der Waals surface area contributed by atoms with E-state index in [1.165, 1.54) is 22.9 Å². The van der Waals surface area contributed by atoms with Gasteiger partial charge in [0.2, 0.25) is 5.91 Å². The number of rotatable bonds is 6. The van der Waals surface area contributed by atoms with E-state index in [0.29, 0.717) is 16.9 Å². The molecule has 1 amide bonds. The number of carboxylic acids is 1. The highest BCUT2D eigenvalue weighted by molar-refractivity contribution is 7.11. The number of allylic oxidation sites excluding steroid dienone is 2. The molecule has 0 saturated carbocycles. The molecule has 0 fully saturated rings. The summed E-state index contributed by atoms with van der Waals surface area (Å²) in [6.45, 7) is 0.115. The highest BCUT2D eigenvalue weighted by atomic mass is 35.5. The average Bonchev–Trinajstić information content (AvgIpc) is 2.96. The maximum Gasteiger partial charge on any atom is 0.309 e. The van der Waals surface area contributed by atoms with E-state index in [9.17, 15) is 19.5 Å². The van der Waals surface area contributed by atoms with Crippen LogP contribution in [0.3, 0.4) is 0 Å². The zero-order valence-corrected chi connectivity index (χ0v) is 16.3. The number of halogens is 1. The molecule has 3 rings (SSSR count). The van der Waals surface area contributed by atoms with Crippen molar-refractivity contribution in [3.63, 3.8) is 0 Å². The summed E-state index contributed by atoms with van der Waals surface area (Å²) in [5, 5.41) is 15.1. The number of thiazole rings is 1. The first kappa shape index (κ1) is 20.0. The standard InChI is InChI=1S/C19H18ClN3O4S/c20-16-15(10-21-22-17(24)13-6-2-1-3-7-13)28-19(27)23(16)11-12-5-4-8-14(9-12)18(25)26/h1-2,4-5,8-10,13H,3,6-7,11H2,(H,22,24)(H,25,26)/p-1/b21-10-/t13-/m0/s1. The van der Waals surface area contributed by atoms with Crippen LogP contribution in [-0.2, 0) is 11.3 Å². The number of aromatic nitrogens is 1. The number of carbonyl (C=O) groups excluding carboxylic acids is 2. The zero-order valence-electron chi connectivity index (χ0n) is 14.8. The fraction of sp³-hybridized carbons (Fsp3) is 0.263. The molecule has 7 nitrogen and oxygen atoms in total. The summed E-state index contributed by atoms with van der Waals surface area (Å²) >= 11 is 7.17. The number of aromatic carboxylic acids is 1. The van der Waals surface area contributed by atoms with Gasteiger partial charge >= 0.3 is 4.87 Å². The second-order valence-corrected chi connectivity index (χ2v) is 7.66. The Bertz CT molecular complexity index is 1010. The van der Waals surface area contributed by atoms with Crippen molar-refractivity contribution in [3.8, 4) is 0 Å². The predicted molar refractivity (Wildman–Crippen MR) is 106 cm³/mol. The monoisotopic (exact) mass is 418 g/mol. The van der Waals surface area contributed by atoms with Gasteiger partial charge in [0.25, 0.3) is 0 Å². The molecule has 1 aliphatic carbocycles. The van der Waals surface area contributed by atoms with Crippen LogP contribution in [0.4, 0.5) is 0 Å². The van der Waals surface area contributed by atoms with Crippen molar-refractivity contribution in [1.82, 2.24) is 9.99 Å². The molecule has 1 aliphatic rings. The van der Waals surface area contributed by atoms with Crippen LogP contribution in [0, 0.1) is 5.92 Å². The summed E-state index contributed by atoms with van der Waals surface area (Å²) in [6.07, 6.45) is 7.73. The Morgan fingerprint density at radius 2 is 2.21 bits per heavy atom. The minimum atomic E-state index is -1.29. The van der Waals surface area contributed by atoms with Gasteiger partial charge in [0, 0.05) is 5.92 Å². The van der Waals surface area contributed by atoms with Gasteiger partial charge in [0.15, 0.2) is 0 Å². The molecular weight excluding hydrogens is 402 g/mol. The fourth-order valence-corrected chi connectivity index (χ4v) is 3.98. The van der Waals surface area contributed by atoms with Crippen molar-refractivity contribution < 1.29 is 14.7 Å². The minimum absolute atomic E-state index is 0.0268. The first-order valence-electron chi connectivity index (χ1n) is 8.63. The number of nitrogens with zero attached hydrogens (tertiary/aromatic N) is 2. The maximum atomic E-state index is 12.2. The van der Waals surface area contributed by atoms with Gasteiger partial charge < -0.3 is 9.90 Å². The molecule has 0 unspecified atom stereocenters. The van der Waals surface area contributed by atoms with Crippen LogP contribution < -0.4 is 15.4 Å². The van der Waals surface area contributed by atoms with Gasteiger partial charge in [-0.1, -0.05) is 53.3 Å². The molecule has 2 aromatic rings. The third kappa shape index (κ3) is 4.76. The number of benzene rings is 1. The number of amides is 1. The third-order valence-corrected chi connectivity index (χ3v) is 5.79. The summed E-state index contributed by atoms with van der Waals surface area (Å²) in [5.74, 6) is -1.55. The van der Waals surface area contributed by atoms with Crippen molar-refractivity contribution in [2.75, 3.05) is 0 Å². The molecule has 0 spiro atoms. The average molecular weight is 419 g/mol. The van der Waals surface area contributed by atoms with E-state index in [4.69, 9.17) is 11.6 Å². The summed E-state index contributed by atoms with van der Waals surface area (Å²) in [4.78, 5) is 35.4. The Balaban J connectivity index is 1.70. The number of carboxylic acid groups (broad SMARTS) is 1. The molecular formula is C19H17ClN3O4S-. The van der Waals surface area contributed by atoms with E-state index in [2.05, 4.69) is 16.6 Å². The van der Waals surface area contributed by atoms with Crippen molar-refractivity contribution in [2.45, 2.75) is 25.8 Å². The van der Waals surface area contributed by atoms with Gasteiger partial charge in [-0.05, 0) is 36.5 Å². The first-order chi connectivity index (χ1) is 13.5. The first-order valence-corrected chi connectivity index (χ1v) is 9.82. The van der Waals surface area contributed by atoms with Crippen LogP contribution in [0.1, 0.15) is 40.1 Å². The van der Waals surface area contributed by atoms with Crippen molar-refractivity contribution >= 4 is 41.0 Å². The van der Waals surface area contributed by atoms with E-state index in [0.717, 1.165) is 24.2 Å². The maximum absolute atomic E-state index is 12.2. The predicted octanol–water partition coefficient (Wildman–Crippen LogP) is 1.78.